The molecule has 0 radical (unpaired) electrons. The lowest BCUT2D eigenvalue weighted by molar-refractivity contribution is -0.384. The minimum absolute atomic E-state index is 0.0431. The summed E-state index contributed by atoms with van der Waals surface area (Å²) >= 11 is 6.27. The van der Waals surface area contributed by atoms with Crippen LogP contribution in [0.5, 0.6) is 5.88 Å². The van der Waals surface area contributed by atoms with Gasteiger partial charge in [0.2, 0.25) is 5.88 Å². The molecule has 1 aliphatic carbocycles. The van der Waals surface area contributed by atoms with Gasteiger partial charge in [-0.25, -0.2) is 17.5 Å². The number of piperazine rings is 1. The van der Waals surface area contributed by atoms with E-state index in [0.717, 1.165) is 86.6 Å². The van der Waals surface area contributed by atoms with Crippen LogP contribution in [0.25, 0.3) is 16.6 Å². The van der Waals surface area contributed by atoms with Crippen molar-refractivity contribution in [3.8, 4) is 5.88 Å². The molecule has 3 aromatic carbocycles. The molecule has 67 heavy (non-hydrogen) atoms. The van der Waals surface area contributed by atoms with Crippen molar-refractivity contribution in [2.45, 2.75) is 69.4 Å². The van der Waals surface area contributed by atoms with E-state index in [1.54, 1.807) is 12.3 Å². The third-order valence-corrected chi connectivity index (χ3v) is 15.1. The number of aromatic nitrogens is 2. The van der Waals surface area contributed by atoms with Crippen LogP contribution in [0.2, 0.25) is 5.02 Å². The van der Waals surface area contributed by atoms with Gasteiger partial charge in [-0.3, -0.25) is 19.8 Å². The van der Waals surface area contributed by atoms with Crippen molar-refractivity contribution in [1.29, 1.82) is 0 Å². The summed E-state index contributed by atoms with van der Waals surface area (Å²) in [6.07, 6.45) is 6.64. The summed E-state index contributed by atoms with van der Waals surface area (Å²) < 4.78 is 56.9. The van der Waals surface area contributed by atoms with Crippen molar-refractivity contribution in [1.82, 2.24) is 19.6 Å². The lowest BCUT2D eigenvalue weighted by atomic mass is 9.72. The third kappa shape index (κ3) is 10.4. The normalized spacial score (nSPS) is 19.0. The van der Waals surface area contributed by atoms with Crippen molar-refractivity contribution in [3.63, 3.8) is 0 Å². The van der Waals surface area contributed by atoms with Gasteiger partial charge in [0.15, 0.2) is 0 Å². The van der Waals surface area contributed by atoms with Crippen molar-refractivity contribution < 1.29 is 32.0 Å². The largest absolute Gasteiger partial charge is 0.476 e. The maximum Gasteiger partial charge on any atom is 0.293 e. The molecule has 18 heteroatoms. The predicted octanol–water partition coefficient (Wildman–Crippen LogP) is 9.27. The van der Waals surface area contributed by atoms with Crippen LogP contribution in [0, 0.1) is 15.5 Å². The second-order valence-corrected chi connectivity index (χ2v) is 20.9. The molecule has 15 nitrogen and oxygen atoms in total. The van der Waals surface area contributed by atoms with Gasteiger partial charge in [-0.05, 0) is 103 Å². The summed E-state index contributed by atoms with van der Waals surface area (Å²) in [6, 6.07) is 20.7. The van der Waals surface area contributed by atoms with E-state index in [0.29, 0.717) is 42.5 Å². The van der Waals surface area contributed by atoms with Crippen molar-refractivity contribution >= 4 is 72.6 Å². The Morgan fingerprint density at radius 3 is 2.48 bits per heavy atom. The van der Waals surface area contributed by atoms with Gasteiger partial charge >= 0.3 is 0 Å². The van der Waals surface area contributed by atoms with Crippen molar-refractivity contribution in [2.24, 2.45) is 5.41 Å². The number of sulfonamides is 1. The van der Waals surface area contributed by atoms with E-state index in [9.17, 15) is 23.3 Å². The molecule has 0 spiro atoms. The Hall–Kier alpha value is -5.75. The van der Waals surface area contributed by atoms with Crippen LogP contribution in [-0.2, 0) is 14.8 Å². The Morgan fingerprint density at radius 2 is 1.72 bits per heavy atom. The number of H-pyrrole nitrogens is 1. The van der Waals surface area contributed by atoms with Crippen LogP contribution in [-0.4, -0.2) is 105 Å². The number of hydrogen-bond donors (Lipinski definition) is 3. The molecule has 9 rings (SSSR count). The molecule has 4 aliphatic rings. The van der Waals surface area contributed by atoms with E-state index in [4.69, 9.17) is 26.1 Å². The molecule has 3 N–H and O–H groups in total. The molecule has 3 aliphatic heterocycles. The molecule has 2 aromatic heterocycles. The molecule has 0 unspecified atom stereocenters. The number of rotatable bonds is 12. The summed E-state index contributed by atoms with van der Waals surface area (Å²) in [5.74, 6) is -0.543. The molecule has 1 amide bonds. The van der Waals surface area contributed by atoms with E-state index < -0.39 is 37.1 Å². The Labute approximate surface area is 394 Å². The first-order valence-corrected chi connectivity index (χ1v) is 24.8. The number of ether oxygens (including phenoxy) is 2. The van der Waals surface area contributed by atoms with Crippen molar-refractivity contribution in [3.05, 3.63) is 111 Å². The lowest BCUT2D eigenvalue weighted by Gasteiger charge is -2.39. The number of aromatic amines is 1. The minimum atomic E-state index is -4.66. The molecule has 354 valence electrons. The topological polar surface area (TPSA) is 175 Å². The average molecular weight is 956 g/mol. The third-order valence-electron chi connectivity index (χ3n) is 13.5. The number of amides is 1. The van der Waals surface area contributed by atoms with Gasteiger partial charge < -0.3 is 29.6 Å². The number of nitrogens with one attached hydrogen (secondary N) is 3. The highest BCUT2D eigenvalue weighted by molar-refractivity contribution is 7.90. The average Bonchev–Trinajstić information content (AvgIpc) is 3.77. The fourth-order valence-corrected chi connectivity index (χ4v) is 10.7. The number of hydrogen-bond acceptors (Lipinski definition) is 12. The SMILES string of the molecule is CC1(C)CCC(CN2CCN(c3ccc(C(=O)NS(=O)(=O)c4ccc(NCC5(F)CCOCC5)c([N+](=O)[O-])c4)c(N4CCCCOc5nc6[nH]ccc6cc54)c3)CC2)=C(c2ccc(Cl)cc2)C1. The number of carbonyl (C=O) groups is 1. The summed E-state index contributed by atoms with van der Waals surface area (Å²) in [5.41, 5.74) is 4.73. The quantitative estimate of drug-likeness (QED) is 0.0800. The number of halogens is 2. The van der Waals surface area contributed by atoms with Gasteiger partial charge in [-0.2, -0.15) is 4.98 Å². The molecule has 2 fully saturated rings. The lowest BCUT2D eigenvalue weighted by Crippen LogP contribution is -2.47. The number of fused-ring (bicyclic) bond motifs is 2. The molecule has 5 heterocycles. The van der Waals surface area contributed by atoms with E-state index in [1.807, 2.05) is 41.3 Å². The minimum Gasteiger partial charge on any atom is -0.476 e. The van der Waals surface area contributed by atoms with Crippen molar-refractivity contribution in [2.75, 3.05) is 80.8 Å². The van der Waals surface area contributed by atoms with Crippen LogP contribution >= 0.6 is 11.6 Å². The maximum atomic E-state index is 15.3. The zero-order valence-electron chi connectivity index (χ0n) is 37.8. The zero-order chi connectivity index (χ0) is 46.9. The molecule has 0 atom stereocenters. The van der Waals surface area contributed by atoms with Crippen LogP contribution in [0.3, 0.4) is 0 Å². The monoisotopic (exact) mass is 954 g/mol. The van der Waals surface area contributed by atoms with E-state index in [-0.39, 0.29) is 49.3 Å². The summed E-state index contributed by atoms with van der Waals surface area (Å²) in [6.45, 7) is 9.81. The smallest absolute Gasteiger partial charge is 0.293 e. The van der Waals surface area contributed by atoms with Gasteiger partial charge in [0.1, 0.15) is 22.7 Å². The van der Waals surface area contributed by atoms with Crippen LogP contribution in [0.15, 0.2) is 89.5 Å². The molecular formula is C49H56ClFN8O7S. The Balaban J connectivity index is 0.997. The zero-order valence-corrected chi connectivity index (χ0v) is 39.4. The number of allylic oxidation sites excluding steroid dienone is 1. The fourth-order valence-electron chi connectivity index (χ4n) is 9.58. The number of nitro benzene ring substituents is 1. The predicted molar refractivity (Wildman–Crippen MR) is 259 cm³/mol. The number of anilines is 4. The second kappa shape index (κ2) is 19.1. The fraction of sp³-hybridized carbons (Fsp3) is 0.429. The van der Waals surface area contributed by atoms with Crippen LogP contribution in [0.1, 0.15) is 74.7 Å². The van der Waals surface area contributed by atoms with E-state index in [2.05, 4.69) is 50.8 Å². The first kappa shape index (κ1) is 46.4. The Bertz CT molecular complexity index is 2810. The highest BCUT2D eigenvalue weighted by Gasteiger charge is 2.35. The number of carbonyl (C=O) groups excluding carboxylic acids is 1. The number of nitrogens with zero attached hydrogens (tertiary/aromatic N) is 5. The molecular weight excluding hydrogens is 899 g/mol. The number of benzene rings is 3. The first-order valence-electron chi connectivity index (χ1n) is 23.0. The second-order valence-electron chi connectivity index (χ2n) is 18.8. The molecule has 5 aromatic rings. The number of nitro groups is 1. The number of pyridine rings is 1. The Morgan fingerprint density at radius 1 is 0.940 bits per heavy atom. The van der Waals surface area contributed by atoms with E-state index in [1.165, 1.54) is 22.8 Å². The highest BCUT2D eigenvalue weighted by Crippen LogP contribution is 2.44. The number of alkyl halides is 1. The van der Waals surface area contributed by atoms with Crippen LogP contribution in [0.4, 0.5) is 32.8 Å². The molecule has 0 saturated carbocycles. The summed E-state index contributed by atoms with van der Waals surface area (Å²) in [4.78, 5) is 40.1. The summed E-state index contributed by atoms with van der Waals surface area (Å²) in [7, 11) is -4.66. The van der Waals surface area contributed by atoms with E-state index >= 15 is 4.39 Å². The first-order chi connectivity index (χ1) is 32.1. The Kier molecular flexibility index (Phi) is 13.2. The summed E-state index contributed by atoms with van der Waals surface area (Å²) in [5, 5.41) is 16.6. The van der Waals surface area contributed by atoms with Gasteiger partial charge in [-0.1, -0.05) is 43.2 Å². The van der Waals surface area contributed by atoms with Crippen LogP contribution < -0.4 is 24.6 Å². The van der Waals surface area contributed by atoms with Gasteiger partial charge in [-0.15, -0.1) is 0 Å². The molecule has 2 saturated heterocycles. The maximum absolute atomic E-state index is 15.3. The van der Waals surface area contributed by atoms with Gasteiger partial charge in [0.05, 0.1) is 27.7 Å². The van der Waals surface area contributed by atoms with Gasteiger partial charge in [0.25, 0.3) is 21.6 Å². The van der Waals surface area contributed by atoms with Gasteiger partial charge in [0, 0.05) is 100 Å². The standard InChI is InChI=1S/C49H56ClFN8O7S/c1-48(2)15-13-35(40(30-48)33-5-7-36(50)8-6-33)31-56-20-22-57(23-21-56)37-9-11-39(42(28-37)58-19-3-4-24-66-47-44(58)27-34-14-18-52-45(34)54-47)46(60)55-67(63,64)38-10-12-41(43(29-38)59(61)62)53-32-49(51)16-25-65-26-17-49/h5-12,14,18,27-29,53H,3-4,13,15-17,19-26,30-32H2,1-2H3,(H,52,54)(H,55,60). The molecule has 0 bridgehead atoms. The highest BCUT2D eigenvalue weighted by atomic mass is 35.5.